The number of piperidine rings is 3. The molecular formula is C22H23N3O3. The van der Waals surface area contributed by atoms with Crippen LogP contribution in [0.3, 0.4) is 0 Å². The fourth-order valence-corrected chi connectivity index (χ4v) is 4.55. The topological polar surface area (TPSA) is 71.5 Å². The molecule has 6 rings (SSSR count). The highest BCUT2D eigenvalue weighted by Gasteiger charge is 2.40. The summed E-state index contributed by atoms with van der Waals surface area (Å²) in [6, 6.07) is 11.9. The van der Waals surface area contributed by atoms with Gasteiger partial charge in [0.25, 0.3) is 5.91 Å². The van der Waals surface area contributed by atoms with E-state index in [0.717, 1.165) is 37.1 Å². The van der Waals surface area contributed by atoms with Crippen LogP contribution in [0.2, 0.25) is 0 Å². The maximum Gasteiger partial charge on any atom is 0.287 e. The first-order valence-corrected chi connectivity index (χ1v) is 9.84. The van der Waals surface area contributed by atoms with Crippen molar-refractivity contribution in [2.45, 2.75) is 31.8 Å². The molecule has 3 saturated heterocycles. The third-order valence-electron chi connectivity index (χ3n) is 6.13. The molecule has 1 aromatic carbocycles. The standard InChI is InChI=1S/C22H23N3O3/c1-14-20(15-7-10-25(14)11-8-15)24-21(26)19-6-5-18(28-19)16-3-2-4-17(13-16)22-23-9-12-27-22/h2-6,9,12-15,20H,7-8,10-11H2,1H3,(H,24,26)/t14-,20+/m1/s1. The molecule has 3 fully saturated rings. The summed E-state index contributed by atoms with van der Waals surface area (Å²) in [5, 5.41) is 3.22. The third-order valence-corrected chi connectivity index (χ3v) is 6.13. The van der Waals surface area contributed by atoms with Crippen LogP contribution < -0.4 is 5.32 Å². The molecule has 28 heavy (non-hydrogen) atoms. The van der Waals surface area contributed by atoms with Crippen molar-refractivity contribution in [2.24, 2.45) is 5.92 Å². The molecule has 1 amide bonds. The Hall–Kier alpha value is -2.86. The molecule has 2 bridgehead atoms. The Kier molecular flexibility index (Phi) is 4.28. The number of oxazole rings is 1. The Balaban J connectivity index is 1.34. The number of nitrogens with one attached hydrogen (secondary N) is 1. The molecule has 2 aromatic heterocycles. The van der Waals surface area contributed by atoms with E-state index in [1.54, 1.807) is 18.5 Å². The van der Waals surface area contributed by atoms with Crippen molar-refractivity contribution in [3.63, 3.8) is 0 Å². The number of furan rings is 1. The van der Waals surface area contributed by atoms with Crippen LogP contribution in [-0.4, -0.2) is 41.0 Å². The van der Waals surface area contributed by atoms with Gasteiger partial charge in [0.15, 0.2) is 5.76 Å². The number of rotatable bonds is 4. The quantitative estimate of drug-likeness (QED) is 0.748. The van der Waals surface area contributed by atoms with Gasteiger partial charge < -0.3 is 14.2 Å². The molecule has 6 nitrogen and oxygen atoms in total. The minimum absolute atomic E-state index is 0.138. The first kappa shape index (κ1) is 17.3. The molecule has 1 N–H and O–H groups in total. The van der Waals surface area contributed by atoms with Gasteiger partial charge in [-0.3, -0.25) is 9.69 Å². The average molecular weight is 377 g/mol. The Labute approximate surface area is 163 Å². The molecule has 2 atom stereocenters. The molecule has 0 unspecified atom stereocenters. The Morgan fingerprint density at radius 2 is 2.00 bits per heavy atom. The van der Waals surface area contributed by atoms with Gasteiger partial charge in [-0.15, -0.1) is 0 Å². The molecule has 3 aliphatic heterocycles. The summed E-state index contributed by atoms with van der Waals surface area (Å²) < 4.78 is 11.2. The van der Waals surface area contributed by atoms with Gasteiger partial charge >= 0.3 is 0 Å². The van der Waals surface area contributed by atoms with E-state index in [1.807, 2.05) is 30.3 Å². The lowest BCUT2D eigenvalue weighted by atomic mass is 9.79. The SMILES string of the molecule is C[C@@H]1[C@H](NC(=O)c2ccc(-c3cccc(-c4ncco4)c3)o2)C2CCN1CC2. The van der Waals surface area contributed by atoms with E-state index in [9.17, 15) is 4.79 Å². The average Bonchev–Trinajstić information content (AvgIpc) is 3.43. The third kappa shape index (κ3) is 3.03. The highest BCUT2D eigenvalue weighted by molar-refractivity contribution is 5.92. The van der Waals surface area contributed by atoms with E-state index in [2.05, 4.69) is 22.1 Å². The Morgan fingerprint density at radius 1 is 1.18 bits per heavy atom. The van der Waals surface area contributed by atoms with Gasteiger partial charge in [0.1, 0.15) is 12.0 Å². The molecule has 3 aromatic rings. The minimum Gasteiger partial charge on any atom is -0.451 e. The van der Waals surface area contributed by atoms with Crippen LogP contribution in [0.5, 0.6) is 0 Å². The molecule has 0 aliphatic carbocycles. The molecule has 3 aliphatic rings. The van der Waals surface area contributed by atoms with E-state index >= 15 is 0 Å². The van der Waals surface area contributed by atoms with E-state index in [0.29, 0.717) is 29.4 Å². The summed E-state index contributed by atoms with van der Waals surface area (Å²) >= 11 is 0. The minimum atomic E-state index is -0.138. The zero-order valence-corrected chi connectivity index (χ0v) is 15.8. The van der Waals surface area contributed by atoms with Crippen LogP contribution in [0.15, 0.2) is 57.7 Å². The van der Waals surface area contributed by atoms with Gasteiger partial charge in [-0.05, 0) is 63.0 Å². The first-order valence-electron chi connectivity index (χ1n) is 9.84. The second-order valence-corrected chi connectivity index (χ2v) is 7.70. The molecule has 0 radical (unpaired) electrons. The van der Waals surface area contributed by atoms with Crippen LogP contribution in [0, 0.1) is 5.92 Å². The van der Waals surface area contributed by atoms with Gasteiger partial charge in [-0.2, -0.15) is 0 Å². The van der Waals surface area contributed by atoms with Crippen LogP contribution in [-0.2, 0) is 0 Å². The predicted molar refractivity (Wildman–Crippen MR) is 105 cm³/mol. The summed E-state index contributed by atoms with van der Waals surface area (Å²) in [4.78, 5) is 19.4. The van der Waals surface area contributed by atoms with Crippen LogP contribution in [0.4, 0.5) is 0 Å². The summed E-state index contributed by atoms with van der Waals surface area (Å²) in [6.45, 7) is 4.49. The van der Waals surface area contributed by atoms with Crippen molar-refractivity contribution < 1.29 is 13.6 Å². The molecule has 144 valence electrons. The van der Waals surface area contributed by atoms with Gasteiger partial charge in [0, 0.05) is 23.2 Å². The molecule has 0 saturated carbocycles. The number of carbonyl (C=O) groups excluding carboxylic acids is 1. The molecular weight excluding hydrogens is 354 g/mol. The van der Waals surface area contributed by atoms with Gasteiger partial charge in [-0.1, -0.05) is 12.1 Å². The van der Waals surface area contributed by atoms with E-state index in [-0.39, 0.29) is 11.9 Å². The number of fused-ring (bicyclic) bond motifs is 3. The van der Waals surface area contributed by atoms with Crippen molar-refractivity contribution in [3.8, 4) is 22.8 Å². The lowest BCUT2D eigenvalue weighted by Gasteiger charge is -2.49. The smallest absolute Gasteiger partial charge is 0.287 e. The first-order chi connectivity index (χ1) is 13.7. The summed E-state index contributed by atoms with van der Waals surface area (Å²) in [6.07, 6.45) is 5.48. The second-order valence-electron chi connectivity index (χ2n) is 7.70. The number of hydrogen-bond donors (Lipinski definition) is 1. The lowest BCUT2D eigenvalue weighted by molar-refractivity contribution is 0.0211. The van der Waals surface area contributed by atoms with Gasteiger partial charge in [0.2, 0.25) is 5.89 Å². The Bertz CT molecular complexity index is 969. The van der Waals surface area contributed by atoms with Crippen molar-refractivity contribution in [1.82, 2.24) is 15.2 Å². The van der Waals surface area contributed by atoms with Crippen molar-refractivity contribution in [3.05, 3.63) is 54.6 Å². The van der Waals surface area contributed by atoms with Crippen LogP contribution in [0.1, 0.15) is 30.3 Å². The van der Waals surface area contributed by atoms with Gasteiger partial charge in [0.05, 0.1) is 6.20 Å². The number of carbonyl (C=O) groups is 1. The van der Waals surface area contributed by atoms with E-state index in [4.69, 9.17) is 8.83 Å². The fraction of sp³-hybridized carbons (Fsp3) is 0.364. The highest BCUT2D eigenvalue weighted by atomic mass is 16.4. The zero-order chi connectivity index (χ0) is 19.1. The largest absolute Gasteiger partial charge is 0.451 e. The fourth-order valence-electron chi connectivity index (χ4n) is 4.55. The monoisotopic (exact) mass is 377 g/mol. The van der Waals surface area contributed by atoms with Gasteiger partial charge in [-0.25, -0.2) is 4.98 Å². The molecule has 6 heteroatoms. The Morgan fingerprint density at radius 3 is 2.75 bits per heavy atom. The van der Waals surface area contributed by atoms with Crippen molar-refractivity contribution >= 4 is 5.91 Å². The normalized spacial score (nSPS) is 26.3. The van der Waals surface area contributed by atoms with Crippen LogP contribution in [0.25, 0.3) is 22.8 Å². The number of aromatic nitrogens is 1. The van der Waals surface area contributed by atoms with Crippen molar-refractivity contribution in [2.75, 3.05) is 13.1 Å². The maximum absolute atomic E-state index is 12.8. The summed E-state index contributed by atoms with van der Waals surface area (Å²) in [7, 11) is 0. The maximum atomic E-state index is 12.8. The van der Waals surface area contributed by atoms with Crippen LogP contribution >= 0.6 is 0 Å². The zero-order valence-electron chi connectivity index (χ0n) is 15.8. The highest BCUT2D eigenvalue weighted by Crippen LogP contribution is 2.32. The van der Waals surface area contributed by atoms with Crippen molar-refractivity contribution in [1.29, 1.82) is 0 Å². The predicted octanol–water partition coefficient (Wildman–Crippen LogP) is 3.81. The molecule has 0 spiro atoms. The number of nitrogens with zero attached hydrogens (tertiary/aromatic N) is 2. The lowest BCUT2D eigenvalue weighted by Crippen LogP contribution is -2.62. The number of hydrogen-bond acceptors (Lipinski definition) is 5. The van der Waals surface area contributed by atoms with E-state index in [1.165, 1.54) is 0 Å². The number of benzene rings is 1. The second kappa shape index (κ2) is 6.95. The summed E-state index contributed by atoms with van der Waals surface area (Å²) in [5.41, 5.74) is 1.75. The molecule has 5 heterocycles. The summed E-state index contributed by atoms with van der Waals surface area (Å²) in [5.74, 6) is 1.99. The van der Waals surface area contributed by atoms with E-state index < -0.39 is 0 Å². The number of amides is 1.